The van der Waals surface area contributed by atoms with Crippen molar-refractivity contribution in [1.29, 1.82) is 0 Å². The molecule has 0 amide bonds. The second-order valence-corrected chi connectivity index (χ2v) is 7.62. The third-order valence-electron chi connectivity index (χ3n) is 4.40. The molecule has 0 aliphatic rings. The molecular weight excluding hydrogens is 487 g/mol. The Morgan fingerprint density at radius 3 is 2.52 bits per heavy atom. The highest BCUT2D eigenvalue weighted by atomic mass is 127. The van der Waals surface area contributed by atoms with Crippen molar-refractivity contribution in [3.63, 3.8) is 0 Å². The summed E-state index contributed by atoms with van der Waals surface area (Å²) in [6.07, 6.45) is 1.45. The monoisotopic (exact) mass is 497 g/mol. The van der Waals surface area contributed by atoms with Crippen molar-refractivity contribution < 1.29 is 8.78 Å². The van der Waals surface area contributed by atoms with Crippen LogP contribution in [0, 0.1) is 15.2 Å². The van der Waals surface area contributed by atoms with Crippen molar-refractivity contribution in [3.05, 3.63) is 73.2 Å². The number of aryl methyl sites for hydroxylation is 1. The van der Waals surface area contributed by atoms with E-state index in [9.17, 15) is 13.6 Å². The number of H-pyrrole nitrogens is 1. The summed E-state index contributed by atoms with van der Waals surface area (Å²) in [5.74, 6) is -1.54. The number of fused-ring (bicyclic) bond motifs is 1. The topological polar surface area (TPSA) is 50.7 Å². The molecule has 0 saturated heterocycles. The van der Waals surface area contributed by atoms with E-state index < -0.39 is 17.2 Å². The predicted molar refractivity (Wildman–Crippen MR) is 110 cm³/mol. The Hall–Kier alpha value is -2.26. The van der Waals surface area contributed by atoms with Crippen LogP contribution in [0.4, 0.5) is 8.78 Å². The first kappa shape index (κ1) is 18.1. The fourth-order valence-corrected chi connectivity index (χ4v) is 3.87. The van der Waals surface area contributed by atoms with Gasteiger partial charge in [-0.25, -0.2) is 8.78 Å². The van der Waals surface area contributed by atoms with Crippen LogP contribution in [0.1, 0.15) is 0 Å². The number of aromatic amines is 1. The molecule has 0 saturated carbocycles. The molecule has 2 aromatic heterocycles. The normalized spacial score (nSPS) is 11.3. The van der Waals surface area contributed by atoms with E-state index in [1.54, 1.807) is 25.2 Å². The van der Waals surface area contributed by atoms with Crippen LogP contribution in [0.3, 0.4) is 0 Å². The van der Waals surface area contributed by atoms with Crippen LogP contribution in [0.5, 0.6) is 0 Å². The smallest absolute Gasteiger partial charge is 0.260 e. The molecule has 2 heterocycles. The number of rotatable bonds is 2. The largest absolute Gasteiger partial charge is 0.296 e. The summed E-state index contributed by atoms with van der Waals surface area (Å²) >= 11 is 8.45. The van der Waals surface area contributed by atoms with E-state index in [1.807, 2.05) is 0 Å². The number of benzene rings is 2. The maximum Gasteiger partial charge on any atom is 0.260 e. The molecule has 27 heavy (non-hydrogen) atoms. The van der Waals surface area contributed by atoms with Crippen LogP contribution in [-0.4, -0.2) is 14.8 Å². The molecule has 0 aliphatic heterocycles. The van der Waals surface area contributed by atoms with Crippen LogP contribution < -0.4 is 5.56 Å². The Labute approximate surface area is 170 Å². The summed E-state index contributed by atoms with van der Waals surface area (Å²) in [5, 5.41) is 7.41. The SMILES string of the molecule is Cn1c(=O)c(-c2cc(I)ccc2Cl)c(-c2c(F)cccc2F)c2cn[nH]c21. The van der Waals surface area contributed by atoms with E-state index in [-0.39, 0.29) is 16.7 Å². The molecule has 136 valence electrons. The lowest BCUT2D eigenvalue weighted by Crippen LogP contribution is -2.21. The second-order valence-electron chi connectivity index (χ2n) is 5.97. The van der Waals surface area contributed by atoms with Gasteiger partial charge in [-0.2, -0.15) is 5.10 Å². The van der Waals surface area contributed by atoms with Gasteiger partial charge in [0.2, 0.25) is 0 Å². The van der Waals surface area contributed by atoms with Gasteiger partial charge in [0.05, 0.1) is 17.3 Å². The lowest BCUT2D eigenvalue weighted by molar-refractivity contribution is 0.590. The Balaban J connectivity index is 2.27. The average Bonchev–Trinajstić information content (AvgIpc) is 3.11. The molecule has 0 unspecified atom stereocenters. The minimum atomic E-state index is -0.770. The molecule has 0 bridgehead atoms. The van der Waals surface area contributed by atoms with Gasteiger partial charge in [-0.1, -0.05) is 17.7 Å². The third-order valence-corrected chi connectivity index (χ3v) is 5.40. The van der Waals surface area contributed by atoms with Crippen molar-refractivity contribution in [3.8, 4) is 22.3 Å². The fourth-order valence-electron chi connectivity index (χ4n) is 3.16. The number of hydrogen-bond donors (Lipinski definition) is 1. The van der Waals surface area contributed by atoms with E-state index >= 15 is 0 Å². The van der Waals surface area contributed by atoms with Crippen molar-refractivity contribution in [2.75, 3.05) is 0 Å². The molecule has 4 rings (SSSR count). The maximum atomic E-state index is 14.7. The Morgan fingerprint density at radius 1 is 1.11 bits per heavy atom. The van der Waals surface area contributed by atoms with Gasteiger partial charge in [-0.3, -0.25) is 14.5 Å². The molecule has 4 nitrogen and oxygen atoms in total. The van der Waals surface area contributed by atoms with Gasteiger partial charge in [0, 0.05) is 32.2 Å². The van der Waals surface area contributed by atoms with Gasteiger partial charge in [0.1, 0.15) is 17.3 Å². The van der Waals surface area contributed by atoms with Crippen LogP contribution in [0.15, 0.2) is 47.4 Å². The first-order chi connectivity index (χ1) is 12.9. The van der Waals surface area contributed by atoms with Crippen LogP contribution in [0.2, 0.25) is 5.02 Å². The van der Waals surface area contributed by atoms with E-state index in [2.05, 4.69) is 32.8 Å². The standard InChI is InChI=1S/C19H11ClF2IN3O/c1-26-18-11(8-24-25-18)15(17-13(21)3-2-4-14(17)22)16(19(26)27)10-7-9(23)5-6-12(10)20/h2-8H,1H3,(H,24,25). The maximum absolute atomic E-state index is 14.7. The summed E-state index contributed by atoms with van der Waals surface area (Å²) in [7, 11) is 1.57. The minimum Gasteiger partial charge on any atom is -0.296 e. The van der Waals surface area contributed by atoms with Gasteiger partial charge >= 0.3 is 0 Å². The molecular formula is C19H11ClF2IN3O. The zero-order valence-electron chi connectivity index (χ0n) is 13.9. The Kier molecular flexibility index (Phi) is 4.51. The fraction of sp³-hybridized carbons (Fsp3) is 0.0526. The van der Waals surface area contributed by atoms with Gasteiger partial charge in [0.15, 0.2) is 0 Å². The molecule has 2 aromatic carbocycles. The van der Waals surface area contributed by atoms with Crippen LogP contribution >= 0.6 is 34.2 Å². The van der Waals surface area contributed by atoms with Gasteiger partial charge in [0.25, 0.3) is 5.56 Å². The zero-order chi connectivity index (χ0) is 19.3. The molecule has 0 radical (unpaired) electrons. The van der Waals surface area contributed by atoms with Crippen molar-refractivity contribution >= 4 is 45.2 Å². The molecule has 1 N–H and O–H groups in total. The first-order valence-electron chi connectivity index (χ1n) is 7.86. The first-order valence-corrected chi connectivity index (χ1v) is 9.31. The van der Waals surface area contributed by atoms with E-state index in [0.29, 0.717) is 21.6 Å². The third kappa shape index (κ3) is 2.85. The molecule has 8 heteroatoms. The molecule has 0 atom stereocenters. The average molecular weight is 498 g/mol. The van der Waals surface area contributed by atoms with E-state index in [0.717, 1.165) is 15.7 Å². The number of hydrogen-bond acceptors (Lipinski definition) is 2. The highest BCUT2D eigenvalue weighted by molar-refractivity contribution is 14.1. The van der Waals surface area contributed by atoms with Crippen LogP contribution in [-0.2, 0) is 7.05 Å². The Bertz CT molecular complexity index is 1250. The predicted octanol–water partition coefficient (Wildman–Crippen LogP) is 5.13. The lowest BCUT2D eigenvalue weighted by atomic mass is 9.93. The Morgan fingerprint density at radius 2 is 1.81 bits per heavy atom. The van der Waals surface area contributed by atoms with E-state index in [4.69, 9.17) is 11.6 Å². The second kappa shape index (κ2) is 6.72. The molecule has 0 aliphatic carbocycles. The van der Waals surface area contributed by atoms with E-state index in [1.165, 1.54) is 16.8 Å². The highest BCUT2D eigenvalue weighted by Gasteiger charge is 2.25. The number of halogens is 4. The summed E-state index contributed by atoms with van der Waals surface area (Å²) in [6.45, 7) is 0. The summed E-state index contributed by atoms with van der Waals surface area (Å²) in [6, 6.07) is 8.74. The van der Waals surface area contributed by atoms with Crippen molar-refractivity contribution in [2.45, 2.75) is 0 Å². The highest BCUT2D eigenvalue weighted by Crippen LogP contribution is 2.40. The van der Waals surface area contributed by atoms with Crippen molar-refractivity contribution in [1.82, 2.24) is 14.8 Å². The van der Waals surface area contributed by atoms with Crippen LogP contribution in [0.25, 0.3) is 33.3 Å². The van der Waals surface area contributed by atoms with Gasteiger partial charge in [-0.15, -0.1) is 0 Å². The van der Waals surface area contributed by atoms with Gasteiger partial charge in [-0.05, 0) is 52.9 Å². The zero-order valence-corrected chi connectivity index (χ0v) is 16.8. The molecule has 4 aromatic rings. The van der Waals surface area contributed by atoms with Gasteiger partial charge < -0.3 is 0 Å². The summed E-state index contributed by atoms with van der Waals surface area (Å²) < 4.78 is 31.5. The quantitative estimate of drug-likeness (QED) is 0.390. The minimum absolute atomic E-state index is 0.124. The number of nitrogens with zero attached hydrogens (tertiary/aromatic N) is 2. The molecule has 0 spiro atoms. The van der Waals surface area contributed by atoms with Crippen molar-refractivity contribution in [2.24, 2.45) is 7.05 Å². The molecule has 0 fully saturated rings. The summed E-state index contributed by atoms with van der Waals surface area (Å²) in [5.41, 5.74) is 0.299. The number of nitrogens with one attached hydrogen (secondary N) is 1. The number of aromatic nitrogens is 3. The number of pyridine rings is 1. The lowest BCUT2D eigenvalue weighted by Gasteiger charge is -2.16. The summed E-state index contributed by atoms with van der Waals surface area (Å²) in [4.78, 5) is 13.2.